The molecule has 2 heterocycles. The number of halogens is 1. The van der Waals surface area contributed by atoms with Crippen LogP contribution in [-0.2, 0) is 4.74 Å². The third-order valence-corrected chi connectivity index (χ3v) is 3.50. The van der Waals surface area contributed by atoms with Crippen LogP contribution in [-0.4, -0.2) is 40.0 Å². The Kier molecular flexibility index (Phi) is 3.61. The molecule has 1 aliphatic rings. The monoisotopic (exact) mass is 279 g/mol. The standard InChI is InChI=1S/C12H14ClN5O/c13-11-2-1-10(18-8-15-16-17-18)5-12(11)14-6-9-3-4-19-7-9/h1-2,5,8-9,14H,3-4,6-7H2. The number of hydrogen-bond acceptors (Lipinski definition) is 5. The average Bonchev–Trinajstić information content (AvgIpc) is 3.11. The molecule has 7 heteroatoms. The average molecular weight is 280 g/mol. The van der Waals surface area contributed by atoms with Gasteiger partial charge in [-0.1, -0.05) is 11.6 Å². The van der Waals surface area contributed by atoms with E-state index >= 15 is 0 Å². The lowest BCUT2D eigenvalue weighted by Gasteiger charge is -2.13. The van der Waals surface area contributed by atoms with E-state index in [1.807, 2.05) is 18.2 Å². The topological polar surface area (TPSA) is 64.9 Å². The molecule has 1 saturated heterocycles. The summed E-state index contributed by atoms with van der Waals surface area (Å²) in [5.41, 5.74) is 1.76. The van der Waals surface area contributed by atoms with Crippen molar-refractivity contribution in [3.8, 4) is 5.69 Å². The predicted molar refractivity (Wildman–Crippen MR) is 71.6 cm³/mol. The van der Waals surface area contributed by atoms with Crippen LogP contribution in [0.5, 0.6) is 0 Å². The number of benzene rings is 1. The van der Waals surface area contributed by atoms with Crippen molar-refractivity contribution in [2.24, 2.45) is 5.92 Å². The number of hydrogen-bond donors (Lipinski definition) is 1. The second kappa shape index (κ2) is 5.54. The molecule has 3 rings (SSSR count). The van der Waals surface area contributed by atoms with Crippen LogP contribution >= 0.6 is 11.6 Å². The van der Waals surface area contributed by atoms with Gasteiger partial charge in [-0.2, -0.15) is 0 Å². The molecular weight excluding hydrogens is 266 g/mol. The first kappa shape index (κ1) is 12.4. The van der Waals surface area contributed by atoms with Crippen molar-refractivity contribution >= 4 is 17.3 Å². The van der Waals surface area contributed by atoms with Gasteiger partial charge >= 0.3 is 0 Å². The summed E-state index contributed by atoms with van der Waals surface area (Å²) in [7, 11) is 0. The van der Waals surface area contributed by atoms with Gasteiger partial charge in [0.1, 0.15) is 6.33 Å². The zero-order valence-electron chi connectivity index (χ0n) is 10.3. The van der Waals surface area contributed by atoms with Crippen LogP contribution in [0.4, 0.5) is 5.69 Å². The fourth-order valence-corrected chi connectivity index (χ4v) is 2.25. The quantitative estimate of drug-likeness (QED) is 0.924. The van der Waals surface area contributed by atoms with Crippen LogP contribution in [0.1, 0.15) is 6.42 Å². The third-order valence-electron chi connectivity index (χ3n) is 3.17. The summed E-state index contributed by atoms with van der Waals surface area (Å²) < 4.78 is 6.95. The van der Waals surface area contributed by atoms with Gasteiger partial charge in [0, 0.05) is 19.1 Å². The minimum Gasteiger partial charge on any atom is -0.383 e. The number of tetrazole rings is 1. The molecule has 19 heavy (non-hydrogen) atoms. The summed E-state index contributed by atoms with van der Waals surface area (Å²) in [6.07, 6.45) is 2.65. The van der Waals surface area contributed by atoms with Gasteiger partial charge < -0.3 is 10.1 Å². The lowest BCUT2D eigenvalue weighted by molar-refractivity contribution is 0.187. The molecule has 1 fully saturated rings. The zero-order valence-corrected chi connectivity index (χ0v) is 11.0. The molecule has 0 radical (unpaired) electrons. The molecule has 0 amide bonds. The van der Waals surface area contributed by atoms with E-state index in [9.17, 15) is 0 Å². The maximum absolute atomic E-state index is 6.19. The minimum atomic E-state index is 0.549. The second-order valence-corrected chi connectivity index (χ2v) is 4.94. The van der Waals surface area contributed by atoms with E-state index < -0.39 is 0 Å². The predicted octanol–water partition coefficient (Wildman–Crippen LogP) is 1.76. The Morgan fingerprint density at radius 2 is 2.42 bits per heavy atom. The number of ether oxygens (including phenoxy) is 1. The highest BCUT2D eigenvalue weighted by Crippen LogP contribution is 2.25. The fourth-order valence-electron chi connectivity index (χ4n) is 2.07. The first-order valence-electron chi connectivity index (χ1n) is 6.17. The Hall–Kier alpha value is -1.66. The fraction of sp³-hybridized carbons (Fsp3) is 0.417. The van der Waals surface area contributed by atoms with E-state index in [0.29, 0.717) is 10.9 Å². The Morgan fingerprint density at radius 1 is 1.47 bits per heavy atom. The summed E-state index contributed by atoms with van der Waals surface area (Å²) in [6, 6.07) is 5.66. The molecule has 1 atom stereocenters. The number of rotatable bonds is 4. The lowest BCUT2D eigenvalue weighted by Crippen LogP contribution is -2.14. The van der Waals surface area contributed by atoms with Crippen molar-refractivity contribution in [1.29, 1.82) is 0 Å². The van der Waals surface area contributed by atoms with Gasteiger partial charge in [-0.3, -0.25) is 0 Å². The van der Waals surface area contributed by atoms with E-state index in [1.165, 1.54) is 0 Å². The molecule has 6 nitrogen and oxygen atoms in total. The SMILES string of the molecule is Clc1ccc(-n2cnnn2)cc1NCC1CCOC1. The smallest absolute Gasteiger partial charge is 0.143 e. The summed E-state index contributed by atoms with van der Waals surface area (Å²) in [6.45, 7) is 2.53. The molecule has 1 unspecified atom stereocenters. The van der Waals surface area contributed by atoms with Crippen LogP contribution in [0.15, 0.2) is 24.5 Å². The molecule has 1 aliphatic heterocycles. The van der Waals surface area contributed by atoms with Crippen molar-refractivity contribution in [2.45, 2.75) is 6.42 Å². The van der Waals surface area contributed by atoms with Crippen LogP contribution in [0.2, 0.25) is 5.02 Å². The van der Waals surface area contributed by atoms with E-state index in [0.717, 1.165) is 37.6 Å². The molecule has 1 aromatic heterocycles. The number of nitrogens with one attached hydrogen (secondary N) is 1. The van der Waals surface area contributed by atoms with Gasteiger partial charge in [-0.25, -0.2) is 4.68 Å². The zero-order chi connectivity index (χ0) is 13.1. The first-order valence-corrected chi connectivity index (χ1v) is 6.55. The van der Waals surface area contributed by atoms with E-state index in [2.05, 4.69) is 20.8 Å². The summed E-state index contributed by atoms with van der Waals surface area (Å²) in [4.78, 5) is 0. The van der Waals surface area contributed by atoms with Gasteiger partial charge in [-0.05, 0) is 35.0 Å². The van der Waals surface area contributed by atoms with E-state index in [-0.39, 0.29) is 0 Å². The summed E-state index contributed by atoms with van der Waals surface area (Å²) >= 11 is 6.19. The first-order chi connectivity index (χ1) is 9.33. The molecule has 100 valence electrons. The Morgan fingerprint density at radius 3 is 3.16 bits per heavy atom. The highest BCUT2D eigenvalue weighted by atomic mass is 35.5. The largest absolute Gasteiger partial charge is 0.383 e. The van der Waals surface area contributed by atoms with Crippen LogP contribution in [0, 0.1) is 5.92 Å². The Balaban J connectivity index is 1.74. The van der Waals surface area contributed by atoms with Crippen molar-refractivity contribution < 1.29 is 4.74 Å². The van der Waals surface area contributed by atoms with E-state index in [1.54, 1.807) is 11.0 Å². The van der Waals surface area contributed by atoms with Crippen LogP contribution in [0.3, 0.4) is 0 Å². The number of nitrogens with zero attached hydrogens (tertiary/aromatic N) is 4. The molecule has 0 saturated carbocycles. The molecule has 0 spiro atoms. The summed E-state index contributed by atoms with van der Waals surface area (Å²) in [5, 5.41) is 15.2. The summed E-state index contributed by atoms with van der Waals surface area (Å²) in [5.74, 6) is 0.549. The normalized spacial score (nSPS) is 18.7. The van der Waals surface area contributed by atoms with Crippen molar-refractivity contribution in [1.82, 2.24) is 20.2 Å². The number of aromatic nitrogens is 4. The Labute approximate surface area is 115 Å². The highest BCUT2D eigenvalue weighted by Gasteiger charge is 2.15. The van der Waals surface area contributed by atoms with E-state index in [4.69, 9.17) is 16.3 Å². The second-order valence-electron chi connectivity index (χ2n) is 4.53. The molecular formula is C12H14ClN5O. The van der Waals surface area contributed by atoms with Crippen LogP contribution < -0.4 is 5.32 Å². The van der Waals surface area contributed by atoms with Gasteiger partial charge in [0.05, 0.1) is 23.0 Å². The maximum Gasteiger partial charge on any atom is 0.143 e. The minimum absolute atomic E-state index is 0.549. The molecule has 0 bridgehead atoms. The maximum atomic E-state index is 6.19. The highest BCUT2D eigenvalue weighted by molar-refractivity contribution is 6.33. The molecule has 1 N–H and O–H groups in total. The Bertz CT molecular complexity index is 539. The van der Waals surface area contributed by atoms with Gasteiger partial charge in [0.15, 0.2) is 0 Å². The van der Waals surface area contributed by atoms with Gasteiger partial charge in [0.2, 0.25) is 0 Å². The van der Waals surface area contributed by atoms with Crippen molar-refractivity contribution in [3.63, 3.8) is 0 Å². The third kappa shape index (κ3) is 2.85. The van der Waals surface area contributed by atoms with Crippen molar-refractivity contribution in [2.75, 3.05) is 25.1 Å². The van der Waals surface area contributed by atoms with Gasteiger partial charge in [0.25, 0.3) is 0 Å². The van der Waals surface area contributed by atoms with Crippen LogP contribution in [0.25, 0.3) is 5.69 Å². The molecule has 0 aliphatic carbocycles. The number of anilines is 1. The van der Waals surface area contributed by atoms with Gasteiger partial charge in [-0.15, -0.1) is 5.10 Å². The lowest BCUT2D eigenvalue weighted by atomic mass is 10.1. The van der Waals surface area contributed by atoms with Crippen molar-refractivity contribution in [3.05, 3.63) is 29.5 Å². The molecule has 2 aromatic rings. The molecule has 1 aromatic carbocycles.